The molecule has 2 aliphatic heterocycles. The summed E-state index contributed by atoms with van der Waals surface area (Å²) in [7, 11) is 0. The summed E-state index contributed by atoms with van der Waals surface area (Å²) in [5.41, 5.74) is 3.59. The number of ether oxygens (including phenoxy) is 2. The fourth-order valence-corrected chi connectivity index (χ4v) is 4.17. The highest BCUT2D eigenvalue weighted by Crippen LogP contribution is 2.45. The summed E-state index contributed by atoms with van der Waals surface area (Å²) in [6, 6.07) is 35.1. The third-order valence-electron chi connectivity index (χ3n) is 5.64. The minimum atomic E-state index is -0.243. The number of fused-ring (bicyclic) bond motifs is 2. The average Bonchev–Trinajstić information content (AvgIpc) is 3.42. The standard InChI is InChI=1S/C29H20N2O3/c32-23(19-28-30(21-11-3-1-4-12-21)24-15-7-9-17-26(24)33-28)20-29-31(22-13-5-2-6-14-22)25-16-8-10-18-27(25)34-29/h1-20H/b28-19-,29-20-. The number of anilines is 4. The van der Waals surface area contributed by atoms with Gasteiger partial charge in [0.1, 0.15) is 0 Å². The van der Waals surface area contributed by atoms with E-state index in [2.05, 4.69) is 0 Å². The summed E-state index contributed by atoms with van der Waals surface area (Å²) >= 11 is 0. The molecule has 0 bridgehead atoms. The average molecular weight is 444 g/mol. The topological polar surface area (TPSA) is 42.0 Å². The van der Waals surface area contributed by atoms with Crippen LogP contribution in [0.3, 0.4) is 0 Å². The van der Waals surface area contributed by atoms with Gasteiger partial charge in [0.05, 0.1) is 11.4 Å². The molecule has 0 atom stereocenters. The van der Waals surface area contributed by atoms with E-state index in [4.69, 9.17) is 9.47 Å². The number of allylic oxidation sites excluding steroid dienone is 2. The molecule has 164 valence electrons. The Morgan fingerprint density at radius 2 is 0.912 bits per heavy atom. The molecule has 0 fully saturated rings. The molecule has 0 spiro atoms. The van der Waals surface area contributed by atoms with Crippen LogP contribution in [-0.2, 0) is 4.79 Å². The zero-order valence-electron chi connectivity index (χ0n) is 18.2. The van der Waals surface area contributed by atoms with E-state index >= 15 is 0 Å². The quantitative estimate of drug-likeness (QED) is 0.328. The molecule has 0 aromatic heterocycles. The molecular weight excluding hydrogens is 424 g/mol. The summed E-state index contributed by atoms with van der Waals surface area (Å²) in [6.07, 6.45) is 2.99. The first kappa shape index (κ1) is 19.9. The van der Waals surface area contributed by atoms with Crippen molar-refractivity contribution in [3.63, 3.8) is 0 Å². The van der Waals surface area contributed by atoms with Gasteiger partial charge in [-0.05, 0) is 48.5 Å². The Morgan fingerprint density at radius 1 is 0.529 bits per heavy atom. The lowest BCUT2D eigenvalue weighted by atomic mass is 10.2. The molecular formula is C29H20N2O3. The van der Waals surface area contributed by atoms with Crippen LogP contribution in [0.15, 0.2) is 133 Å². The molecule has 4 aromatic carbocycles. The minimum Gasteiger partial charge on any atom is -0.438 e. The molecule has 34 heavy (non-hydrogen) atoms. The number of ketones is 1. The molecule has 0 N–H and O–H groups in total. The van der Waals surface area contributed by atoms with Crippen LogP contribution in [0.4, 0.5) is 22.7 Å². The van der Waals surface area contributed by atoms with Gasteiger partial charge in [-0.15, -0.1) is 0 Å². The highest BCUT2D eigenvalue weighted by Gasteiger charge is 2.30. The van der Waals surface area contributed by atoms with E-state index in [1.807, 2.05) is 119 Å². The van der Waals surface area contributed by atoms with Crippen LogP contribution in [-0.4, -0.2) is 5.78 Å². The zero-order valence-corrected chi connectivity index (χ0v) is 18.2. The monoisotopic (exact) mass is 444 g/mol. The van der Waals surface area contributed by atoms with Crippen molar-refractivity contribution in [3.8, 4) is 11.5 Å². The van der Waals surface area contributed by atoms with E-state index in [1.165, 1.54) is 12.2 Å². The maximum atomic E-state index is 13.2. The first-order chi connectivity index (χ1) is 16.8. The molecule has 2 aliphatic rings. The van der Waals surface area contributed by atoms with Crippen molar-refractivity contribution in [2.45, 2.75) is 0 Å². The lowest BCUT2D eigenvalue weighted by molar-refractivity contribution is -0.110. The van der Waals surface area contributed by atoms with Crippen molar-refractivity contribution in [3.05, 3.63) is 133 Å². The smallest absolute Gasteiger partial charge is 0.209 e. The Bertz CT molecular complexity index is 1320. The molecule has 0 saturated carbocycles. The van der Waals surface area contributed by atoms with Crippen molar-refractivity contribution >= 4 is 28.5 Å². The first-order valence-corrected chi connectivity index (χ1v) is 11.0. The summed E-state index contributed by atoms with van der Waals surface area (Å²) in [5, 5.41) is 0. The molecule has 6 rings (SSSR count). The Kier molecular flexibility index (Phi) is 4.85. The predicted octanol–water partition coefficient (Wildman–Crippen LogP) is 6.70. The van der Waals surface area contributed by atoms with E-state index in [-0.39, 0.29) is 5.78 Å². The highest BCUT2D eigenvalue weighted by atomic mass is 16.5. The van der Waals surface area contributed by atoms with E-state index < -0.39 is 0 Å². The third-order valence-corrected chi connectivity index (χ3v) is 5.64. The molecule has 5 heteroatoms. The van der Waals surface area contributed by atoms with Crippen LogP contribution in [0.2, 0.25) is 0 Å². The van der Waals surface area contributed by atoms with E-state index in [1.54, 1.807) is 0 Å². The van der Waals surface area contributed by atoms with Crippen molar-refractivity contribution in [1.29, 1.82) is 0 Å². The summed E-state index contributed by atoms with van der Waals surface area (Å²) < 4.78 is 12.1. The van der Waals surface area contributed by atoms with Crippen molar-refractivity contribution in [2.24, 2.45) is 0 Å². The molecule has 4 aromatic rings. The lowest BCUT2D eigenvalue weighted by Gasteiger charge is -2.19. The normalized spacial score (nSPS) is 16.2. The molecule has 0 amide bonds. The molecule has 0 aliphatic carbocycles. The van der Waals surface area contributed by atoms with Gasteiger partial charge in [0.2, 0.25) is 11.8 Å². The summed E-state index contributed by atoms with van der Waals surface area (Å²) in [4.78, 5) is 17.1. The van der Waals surface area contributed by atoms with Gasteiger partial charge in [0.25, 0.3) is 0 Å². The van der Waals surface area contributed by atoms with Crippen LogP contribution in [0.1, 0.15) is 0 Å². The lowest BCUT2D eigenvalue weighted by Crippen LogP contribution is -2.17. The molecule has 2 heterocycles. The molecule has 0 radical (unpaired) electrons. The Hall–Kier alpha value is -4.77. The van der Waals surface area contributed by atoms with Crippen LogP contribution in [0.25, 0.3) is 0 Å². The van der Waals surface area contributed by atoms with Crippen molar-refractivity contribution in [2.75, 3.05) is 9.80 Å². The van der Waals surface area contributed by atoms with Crippen LogP contribution in [0, 0.1) is 0 Å². The van der Waals surface area contributed by atoms with Gasteiger partial charge in [0, 0.05) is 23.5 Å². The fraction of sp³-hybridized carbons (Fsp3) is 0. The van der Waals surface area contributed by atoms with Crippen molar-refractivity contribution < 1.29 is 14.3 Å². The Labute approximate surface area is 197 Å². The second-order valence-corrected chi connectivity index (χ2v) is 7.85. The molecule has 0 unspecified atom stereocenters. The van der Waals surface area contributed by atoms with Gasteiger partial charge in [0.15, 0.2) is 17.3 Å². The summed E-state index contributed by atoms with van der Waals surface area (Å²) in [6.45, 7) is 0. The van der Waals surface area contributed by atoms with Crippen LogP contribution >= 0.6 is 0 Å². The fourth-order valence-electron chi connectivity index (χ4n) is 4.17. The number of nitrogens with zero attached hydrogens (tertiary/aromatic N) is 2. The van der Waals surface area contributed by atoms with E-state index in [0.717, 1.165) is 22.7 Å². The minimum absolute atomic E-state index is 0.243. The first-order valence-electron chi connectivity index (χ1n) is 11.0. The highest BCUT2D eigenvalue weighted by molar-refractivity contribution is 6.02. The van der Waals surface area contributed by atoms with Crippen LogP contribution in [0.5, 0.6) is 11.5 Å². The van der Waals surface area contributed by atoms with Gasteiger partial charge in [-0.25, -0.2) is 0 Å². The number of carbonyl (C=O) groups is 1. The summed E-state index contributed by atoms with van der Waals surface area (Å²) in [5.74, 6) is 2.04. The SMILES string of the molecule is O=C(/C=C1\Oc2ccccc2N1c1ccccc1)/C=C1\Oc2ccccc2N1c1ccccc1. The van der Waals surface area contributed by atoms with Gasteiger partial charge in [-0.1, -0.05) is 60.7 Å². The third kappa shape index (κ3) is 3.49. The van der Waals surface area contributed by atoms with Gasteiger partial charge < -0.3 is 9.47 Å². The maximum Gasteiger partial charge on any atom is 0.209 e. The predicted molar refractivity (Wildman–Crippen MR) is 132 cm³/mol. The number of carbonyl (C=O) groups excluding carboxylic acids is 1. The second kappa shape index (κ2) is 8.30. The van der Waals surface area contributed by atoms with Crippen LogP contribution < -0.4 is 19.3 Å². The molecule has 0 saturated heterocycles. The molecule has 5 nitrogen and oxygen atoms in total. The number of para-hydroxylation sites is 6. The Balaban J connectivity index is 1.38. The maximum absolute atomic E-state index is 13.2. The number of rotatable bonds is 4. The number of hydrogen-bond donors (Lipinski definition) is 0. The van der Waals surface area contributed by atoms with Crippen molar-refractivity contribution in [1.82, 2.24) is 0 Å². The second-order valence-electron chi connectivity index (χ2n) is 7.85. The largest absolute Gasteiger partial charge is 0.438 e. The Morgan fingerprint density at radius 3 is 1.35 bits per heavy atom. The van der Waals surface area contributed by atoms with E-state index in [0.29, 0.717) is 23.3 Å². The number of hydrogen-bond acceptors (Lipinski definition) is 5. The number of benzene rings is 4. The van der Waals surface area contributed by atoms with Gasteiger partial charge in [-0.2, -0.15) is 0 Å². The van der Waals surface area contributed by atoms with Gasteiger partial charge >= 0.3 is 0 Å². The zero-order chi connectivity index (χ0) is 22.9. The van der Waals surface area contributed by atoms with Gasteiger partial charge in [-0.3, -0.25) is 14.6 Å². The van der Waals surface area contributed by atoms with E-state index in [9.17, 15) is 4.79 Å².